The van der Waals surface area contributed by atoms with E-state index in [2.05, 4.69) is 5.32 Å². The molecule has 0 aliphatic heterocycles. The van der Waals surface area contributed by atoms with Crippen LogP contribution in [0.4, 0.5) is 11.4 Å². The highest BCUT2D eigenvalue weighted by atomic mass is 35.5. The summed E-state index contributed by atoms with van der Waals surface area (Å²) in [7, 11) is 1.62. The summed E-state index contributed by atoms with van der Waals surface area (Å²) in [6.45, 7) is 0.612. The van der Waals surface area contributed by atoms with Crippen molar-refractivity contribution < 1.29 is 9.53 Å². The zero-order valence-corrected chi connectivity index (χ0v) is 12.2. The largest absolute Gasteiger partial charge is 0.399 e. The van der Waals surface area contributed by atoms with Crippen LogP contribution in [-0.2, 0) is 9.53 Å². The van der Waals surface area contributed by atoms with Crippen molar-refractivity contribution >= 4 is 52.2 Å². The molecule has 1 rings (SSSR count). The third-order valence-corrected chi connectivity index (χ3v) is 3.51. The molecule has 0 spiro atoms. The van der Waals surface area contributed by atoms with Gasteiger partial charge in [0, 0.05) is 18.6 Å². The number of amides is 1. The third kappa shape index (κ3) is 4.94. The molecule has 0 aromatic heterocycles. The summed E-state index contributed by atoms with van der Waals surface area (Å²) in [4.78, 5) is 11.6. The Kier molecular flexibility index (Phi) is 6.63. The van der Waals surface area contributed by atoms with E-state index >= 15 is 0 Å². The lowest BCUT2D eigenvalue weighted by Gasteiger charge is -2.10. The maximum atomic E-state index is 11.6. The van der Waals surface area contributed by atoms with Gasteiger partial charge in [0.2, 0.25) is 5.91 Å². The molecule has 0 saturated carbocycles. The van der Waals surface area contributed by atoms with E-state index in [0.717, 1.165) is 5.75 Å². The number of ether oxygens (including phenoxy) is 1. The lowest BCUT2D eigenvalue weighted by Crippen LogP contribution is -2.15. The second kappa shape index (κ2) is 7.74. The Hall–Kier alpha value is -0.620. The molecule has 100 valence electrons. The van der Waals surface area contributed by atoms with Crippen molar-refractivity contribution in [2.45, 2.75) is 0 Å². The Morgan fingerprint density at radius 3 is 2.61 bits per heavy atom. The molecular formula is C11H14Cl2N2O2S. The minimum Gasteiger partial charge on any atom is -0.399 e. The van der Waals surface area contributed by atoms with Gasteiger partial charge in [0.15, 0.2) is 0 Å². The molecule has 0 aliphatic rings. The molecule has 0 bridgehead atoms. The van der Waals surface area contributed by atoms with Gasteiger partial charge in [-0.2, -0.15) is 0 Å². The predicted molar refractivity (Wildman–Crippen MR) is 78.7 cm³/mol. The number of carbonyl (C=O) groups excluding carboxylic acids is 1. The Morgan fingerprint density at radius 2 is 2.06 bits per heavy atom. The van der Waals surface area contributed by atoms with Crippen LogP contribution in [0.3, 0.4) is 0 Å². The van der Waals surface area contributed by atoms with E-state index in [4.69, 9.17) is 33.7 Å². The average molecular weight is 309 g/mol. The number of thioether (sulfide) groups is 1. The molecule has 0 aliphatic carbocycles. The van der Waals surface area contributed by atoms with E-state index in [-0.39, 0.29) is 5.91 Å². The molecule has 0 atom stereocenters. The number of rotatable bonds is 6. The fraction of sp³-hybridized carbons (Fsp3) is 0.364. The smallest absolute Gasteiger partial charge is 0.234 e. The Labute approximate surface area is 120 Å². The Balaban J connectivity index is 2.54. The maximum absolute atomic E-state index is 11.6. The van der Waals surface area contributed by atoms with Gasteiger partial charge in [0.25, 0.3) is 0 Å². The summed E-state index contributed by atoms with van der Waals surface area (Å²) in [6.07, 6.45) is 0. The molecule has 0 radical (unpaired) electrons. The molecular weight excluding hydrogens is 295 g/mol. The van der Waals surface area contributed by atoms with Crippen molar-refractivity contribution in [3.63, 3.8) is 0 Å². The maximum Gasteiger partial charge on any atom is 0.234 e. The van der Waals surface area contributed by atoms with E-state index in [1.165, 1.54) is 11.8 Å². The number of hydrogen-bond acceptors (Lipinski definition) is 4. The molecule has 3 N–H and O–H groups in total. The first-order chi connectivity index (χ1) is 8.54. The van der Waals surface area contributed by atoms with Gasteiger partial charge in [0.1, 0.15) is 0 Å². The number of benzene rings is 1. The molecule has 1 aromatic carbocycles. The zero-order valence-electron chi connectivity index (χ0n) is 9.83. The van der Waals surface area contributed by atoms with Crippen LogP contribution in [0, 0.1) is 0 Å². The van der Waals surface area contributed by atoms with Crippen LogP contribution in [0.2, 0.25) is 10.0 Å². The quantitative estimate of drug-likeness (QED) is 0.626. The van der Waals surface area contributed by atoms with Crippen molar-refractivity contribution in [1.29, 1.82) is 0 Å². The lowest BCUT2D eigenvalue weighted by molar-refractivity contribution is -0.113. The number of halogens is 2. The van der Waals surface area contributed by atoms with Crippen LogP contribution in [0.5, 0.6) is 0 Å². The number of methoxy groups -OCH3 is 1. The van der Waals surface area contributed by atoms with Crippen molar-refractivity contribution in [2.24, 2.45) is 0 Å². The van der Waals surface area contributed by atoms with Gasteiger partial charge in [-0.15, -0.1) is 11.8 Å². The second-order valence-corrected chi connectivity index (χ2v) is 5.37. The van der Waals surface area contributed by atoms with Gasteiger partial charge in [-0.1, -0.05) is 23.2 Å². The van der Waals surface area contributed by atoms with E-state index in [0.29, 0.717) is 33.8 Å². The highest BCUT2D eigenvalue weighted by Crippen LogP contribution is 2.32. The van der Waals surface area contributed by atoms with Crippen LogP contribution >= 0.6 is 35.0 Å². The number of carbonyl (C=O) groups is 1. The van der Waals surface area contributed by atoms with Crippen molar-refractivity contribution in [3.8, 4) is 0 Å². The standard InChI is InChI=1S/C11H14Cl2N2O2S/c1-17-2-3-18-6-10(16)15-11-8(12)4-7(14)5-9(11)13/h4-5H,2-3,6,14H2,1H3,(H,15,16). The molecule has 0 saturated heterocycles. The van der Waals surface area contributed by atoms with Crippen molar-refractivity contribution in [1.82, 2.24) is 0 Å². The number of nitrogen functional groups attached to an aromatic ring is 1. The van der Waals surface area contributed by atoms with E-state index < -0.39 is 0 Å². The summed E-state index contributed by atoms with van der Waals surface area (Å²) in [6, 6.07) is 3.09. The van der Waals surface area contributed by atoms with Crippen molar-refractivity contribution in [2.75, 3.05) is 36.3 Å². The lowest BCUT2D eigenvalue weighted by atomic mass is 10.3. The summed E-state index contributed by atoms with van der Waals surface area (Å²) in [5.41, 5.74) is 6.42. The van der Waals surface area contributed by atoms with E-state index in [9.17, 15) is 4.79 Å². The highest BCUT2D eigenvalue weighted by Gasteiger charge is 2.10. The van der Waals surface area contributed by atoms with Gasteiger partial charge in [0.05, 0.1) is 28.1 Å². The molecule has 4 nitrogen and oxygen atoms in total. The van der Waals surface area contributed by atoms with Crippen LogP contribution in [0.25, 0.3) is 0 Å². The minimum atomic E-state index is -0.162. The first-order valence-corrected chi connectivity index (χ1v) is 7.06. The second-order valence-electron chi connectivity index (χ2n) is 3.45. The summed E-state index contributed by atoms with van der Waals surface area (Å²) in [5, 5.41) is 3.32. The Morgan fingerprint density at radius 1 is 1.44 bits per heavy atom. The summed E-state index contributed by atoms with van der Waals surface area (Å²) >= 11 is 13.4. The summed E-state index contributed by atoms with van der Waals surface area (Å²) < 4.78 is 4.88. The van der Waals surface area contributed by atoms with Gasteiger partial charge in [-0.3, -0.25) is 4.79 Å². The fourth-order valence-electron chi connectivity index (χ4n) is 1.19. The van der Waals surface area contributed by atoms with E-state index in [1.807, 2.05) is 0 Å². The van der Waals surface area contributed by atoms with E-state index in [1.54, 1.807) is 19.2 Å². The fourth-order valence-corrected chi connectivity index (χ4v) is 2.48. The first-order valence-electron chi connectivity index (χ1n) is 5.15. The average Bonchev–Trinajstić information content (AvgIpc) is 2.29. The van der Waals surface area contributed by atoms with Gasteiger partial charge in [-0.25, -0.2) is 0 Å². The molecule has 0 unspecified atom stereocenters. The molecule has 1 aromatic rings. The number of hydrogen-bond donors (Lipinski definition) is 2. The molecule has 1 amide bonds. The van der Waals surface area contributed by atoms with Gasteiger partial charge < -0.3 is 15.8 Å². The monoisotopic (exact) mass is 308 g/mol. The third-order valence-electron chi connectivity index (χ3n) is 1.99. The van der Waals surface area contributed by atoms with Crippen molar-refractivity contribution in [3.05, 3.63) is 22.2 Å². The van der Waals surface area contributed by atoms with Gasteiger partial charge in [-0.05, 0) is 12.1 Å². The molecule has 0 fully saturated rings. The van der Waals surface area contributed by atoms with Crippen LogP contribution in [0.1, 0.15) is 0 Å². The molecule has 7 heteroatoms. The predicted octanol–water partition coefficient (Wildman–Crippen LogP) is 2.89. The normalized spacial score (nSPS) is 10.4. The van der Waals surface area contributed by atoms with Crippen LogP contribution < -0.4 is 11.1 Å². The molecule has 18 heavy (non-hydrogen) atoms. The topological polar surface area (TPSA) is 64.3 Å². The SMILES string of the molecule is COCCSCC(=O)Nc1c(Cl)cc(N)cc1Cl. The number of nitrogens with one attached hydrogen (secondary N) is 1. The Bertz CT molecular complexity index is 406. The van der Waals surface area contributed by atoms with Gasteiger partial charge >= 0.3 is 0 Å². The number of anilines is 2. The first kappa shape index (κ1) is 15.4. The van der Waals surface area contributed by atoms with Crippen LogP contribution in [-0.4, -0.2) is 31.1 Å². The zero-order chi connectivity index (χ0) is 13.5. The molecule has 0 heterocycles. The summed E-state index contributed by atoms with van der Waals surface area (Å²) in [5.74, 6) is 0.915. The van der Waals surface area contributed by atoms with Crippen LogP contribution in [0.15, 0.2) is 12.1 Å². The minimum absolute atomic E-state index is 0.162. The number of nitrogens with two attached hydrogens (primary N) is 1. The highest BCUT2D eigenvalue weighted by molar-refractivity contribution is 7.99.